The first-order valence-corrected chi connectivity index (χ1v) is 9.66. The van der Waals surface area contributed by atoms with Crippen LogP contribution >= 0.6 is 0 Å². The Labute approximate surface area is 145 Å². The van der Waals surface area contributed by atoms with Crippen molar-refractivity contribution in [1.82, 2.24) is 0 Å². The smallest absolute Gasteiger partial charge is 0.119 e. The minimum absolute atomic E-state index is 0.0950. The summed E-state index contributed by atoms with van der Waals surface area (Å²) < 4.78 is 5.80. The molecule has 0 bridgehead atoms. The zero-order valence-corrected chi connectivity index (χ0v) is 14.9. The van der Waals surface area contributed by atoms with Crippen LogP contribution in [0.25, 0.3) is 0 Å². The molecule has 24 heavy (non-hydrogen) atoms. The summed E-state index contributed by atoms with van der Waals surface area (Å²) in [6.45, 7) is 5.11. The first kappa shape index (κ1) is 16.4. The van der Waals surface area contributed by atoms with E-state index in [0.29, 0.717) is 17.8 Å². The van der Waals surface area contributed by atoms with E-state index < -0.39 is 12.2 Å². The lowest BCUT2D eigenvalue weighted by Gasteiger charge is -2.49. The molecule has 0 amide bonds. The predicted octanol–water partition coefficient (Wildman–Crippen LogP) is 3.66. The van der Waals surface area contributed by atoms with Gasteiger partial charge in [0, 0.05) is 0 Å². The molecule has 0 aromatic heterocycles. The van der Waals surface area contributed by atoms with Gasteiger partial charge >= 0.3 is 0 Å². The Balaban J connectivity index is 1.60. The molecule has 1 aromatic carbocycles. The van der Waals surface area contributed by atoms with E-state index in [1.807, 2.05) is 0 Å². The third kappa shape index (κ3) is 2.40. The van der Waals surface area contributed by atoms with Crippen LogP contribution < -0.4 is 4.74 Å². The van der Waals surface area contributed by atoms with Crippen molar-refractivity contribution in [3.8, 4) is 5.75 Å². The van der Waals surface area contributed by atoms with Gasteiger partial charge in [0.2, 0.25) is 0 Å². The molecule has 2 saturated carbocycles. The van der Waals surface area contributed by atoms with Gasteiger partial charge in [0.05, 0.1) is 18.8 Å². The minimum Gasteiger partial charge on any atom is -0.494 e. The molecule has 3 nitrogen and oxygen atoms in total. The van der Waals surface area contributed by atoms with Crippen molar-refractivity contribution < 1.29 is 14.9 Å². The number of fused-ring (bicyclic) bond motifs is 5. The first-order chi connectivity index (χ1) is 11.5. The van der Waals surface area contributed by atoms with Crippen LogP contribution in [0.4, 0.5) is 0 Å². The summed E-state index contributed by atoms with van der Waals surface area (Å²) in [4.78, 5) is 0. The van der Waals surface area contributed by atoms with Crippen molar-refractivity contribution >= 4 is 0 Å². The van der Waals surface area contributed by atoms with Crippen molar-refractivity contribution in [1.29, 1.82) is 0 Å². The van der Waals surface area contributed by atoms with E-state index >= 15 is 0 Å². The zero-order chi connectivity index (χ0) is 16.9. The lowest BCUT2D eigenvalue weighted by atomic mass is 9.55. The number of ether oxygens (including phenoxy) is 1. The number of aryl methyl sites for hydroxylation is 1. The lowest BCUT2D eigenvalue weighted by Crippen LogP contribution is -2.44. The Hall–Kier alpha value is -1.06. The molecule has 0 spiro atoms. The topological polar surface area (TPSA) is 49.7 Å². The van der Waals surface area contributed by atoms with Gasteiger partial charge in [0.15, 0.2) is 0 Å². The molecule has 2 N–H and O–H groups in total. The minimum atomic E-state index is -0.547. The zero-order valence-electron chi connectivity index (χ0n) is 14.9. The molecule has 3 aliphatic carbocycles. The summed E-state index contributed by atoms with van der Waals surface area (Å²) in [5.74, 6) is 2.64. The second-order valence-corrected chi connectivity index (χ2v) is 8.42. The van der Waals surface area contributed by atoms with E-state index in [9.17, 15) is 10.2 Å². The molecule has 0 radical (unpaired) electrons. The maximum Gasteiger partial charge on any atom is 0.119 e. The number of hydrogen-bond donors (Lipinski definition) is 2. The lowest BCUT2D eigenvalue weighted by molar-refractivity contribution is -0.0505. The Morgan fingerprint density at radius 1 is 1.25 bits per heavy atom. The van der Waals surface area contributed by atoms with Crippen LogP contribution in [-0.4, -0.2) is 29.0 Å². The molecule has 0 aliphatic heterocycles. The standard InChI is InChI=1S/C21H30O3/c1-3-10-24-14-5-7-15-13(11-14)4-6-17-16(15)8-9-21(2)18(17)12-19(22)20(21)23/h5,7,11,16-20,22-23H,3-4,6,8-10,12H2,1-2H3/t16-,17-,18+,19?,20+,21+/m1/s1. The second-order valence-electron chi connectivity index (χ2n) is 8.42. The number of aliphatic hydroxyl groups excluding tert-OH is 2. The van der Waals surface area contributed by atoms with Gasteiger partial charge in [-0.25, -0.2) is 0 Å². The average Bonchev–Trinajstić information content (AvgIpc) is 2.83. The second kappa shape index (κ2) is 6.03. The highest BCUT2D eigenvalue weighted by atomic mass is 16.5. The Morgan fingerprint density at radius 2 is 2.08 bits per heavy atom. The van der Waals surface area contributed by atoms with Crippen LogP contribution in [0.3, 0.4) is 0 Å². The summed E-state index contributed by atoms with van der Waals surface area (Å²) in [6, 6.07) is 6.65. The third-order valence-electron chi connectivity index (χ3n) is 7.14. The monoisotopic (exact) mass is 330 g/mol. The molecule has 1 aromatic rings. The highest BCUT2D eigenvalue weighted by Gasteiger charge is 2.57. The molecule has 0 saturated heterocycles. The molecular weight excluding hydrogens is 300 g/mol. The van der Waals surface area contributed by atoms with Crippen LogP contribution in [-0.2, 0) is 6.42 Å². The highest BCUT2D eigenvalue weighted by Crippen LogP contribution is 2.60. The highest BCUT2D eigenvalue weighted by molar-refractivity contribution is 5.40. The van der Waals surface area contributed by atoms with Gasteiger partial charge < -0.3 is 14.9 Å². The number of rotatable bonds is 3. The summed E-state index contributed by atoms with van der Waals surface area (Å²) in [5, 5.41) is 20.7. The molecule has 0 heterocycles. The van der Waals surface area contributed by atoms with Gasteiger partial charge in [0.1, 0.15) is 5.75 Å². The molecule has 6 atom stereocenters. The van der Waals surface area contributed by atoms with E-state index in [-0.39, 0.29) is 5.41 Å². The fourth-order valence-corrected chi connectivity index (χ4v) is 5.86. The number of hydrogen-bond acceptors (Lipinski definition) is 3. The van der Waals surface area contributed by atoms with E-state index in [0.717, 1.165) is 44.5 Å². The predicted molar refractivity (Wildman–Crippen MR) is 94.2 cm³/mol. The largest absolute Gasteiger partial charge is 0.494 e. The fourth-order valence-electron chi connectivity index (χ4n) is 5.86. The quantitative estimate of drug-likeness (QED) is 0.889. The van der Waals surface area contributed by atoms with Gasteiger partial charge in [-0.15, -0.1) is 0 Å². The first-order valence-electron chi connectivity index (χ1n) is 9.66. The van der Waals surface area contributed by atoms with Crippen LogP contribution in [0, 0.1) is 17.3 Å². The van der Waals surface area contributed by atoms with Crippen molar-refractivity contribution in [3.05, 3.63) is 29.3 Å². The molecule has 2 fully saturated rings. The molecular formula is C21H30O3. The SMILES string of the molecule is CCCOc1ccc2c(c1)CC[C@@H]1[C@@H]2CC[C@]2(C)[C@@H](O)C(O)C[C@@H]12. The van der Waals surface area contributed by atoms with Gasteiger partial charge in [-0.1, -0.05) is 19.9 Å². The Bertz CT molecular complexity index is 613. The molecule has 132 valence electrons. The molecule has 3 aliphatic rings. The van der Waals surface area contributed by atoms with E-state index in [4.69, 9.17) is 4.74 Å². The van der Waals surface area contributed by atoms with Crippen LogP contribution in [0.15, 0.2) is 18.2 Å². The van der Waals surface area contributed by atoms with Crippen molar-refractivity contribution in [3.63, 3.8) is 0 Å². The van der Waals surface area contributed by atoms with E-state index in [1.54, 1.807) is 0 Å². The van der Waals surface area contributed by atoms with Crippen molar-refractivity contribution in [2.75, 3.05) is 6.61 Å². The molecule has 4 rings (SSSR count). The molecule has 3 heteroatoms. The summed E-state index contributed by atoms with van der Waals surface area (Å²) in [6.07, 6.45) is 5.14. The summed E-state index contributed by atoms with van der Waals surface area (Å²) in [7, 11) is 0. The maximum atomic E-state index is 10.5. The number of aliphatic hydroxyl groups is 2. The maximum absolute atomic E-state index is 10.5. The third-order valence-corrected chi connectivity index (χ3v) is 7.14. The van der Waals surface area contributed by atoms with E-state index in [1.165, 1.54) is 17.5 Å². The normalized spacial score (nSPS) is 40.6. The summed E-state index contributed by atoms with van der Waals surface area (Å²) in [5.41, 5.74) is 2.85. The number of benzene rings is 1. The van der Waals surface area contributed by atoms with Gasteiger partial charge in [-0.3, -0.25) is 0 Å². The van der Waals surface area contributed by atoms with E-state index in [2.05, 4.69) is 32.0 Å². The van der Waals surface area contributed by atoms with Crippen molar-refractivity contribution in [2.45, 2.75) is 70.5 Å². The fraction of sp³-hybridized carbons (Fsp3) is 0.714. The van der Waals surface area contributed by atoms with Gasteiger partial charge in [0.25, 0.3) is 0 Å². The average molecular weight is 330 g/mol. The summed E-state index contributed by atoms with van der Waals surface area (Å²) >= 11 is 0. The van der Waals surface area contributed by atoms with Gasteiger partial charge in [-0.05, 0) is 85.0 Å². The molecule has 1 unspecified atom stereocenters. The van der Waals surface area contributed by atoms with Crippen LogP contribution in [0.5, 0.6) is 5.75 Å². The Morgan fingerprint density at radius 3 is 2.88 bits per heavy atom. The van der Waals surface area contributed by atoms with Gasteiger partial charge in [-0.2, -0.15) is 0 Å². The van der Waals surface area contributed by atoms with Crippen LogP contribution in [0.2, 0.25) is 0 Å². The Kier molecular flexibility index (Phi) is 4.12. The van der Waals surface area contributed by atoms with Crippen LogP contribution in [0.1, 0.15) is 63.0 Å². The van der Waals surface area contributed by atoms with Crippen molar-refractivity contribution in [2.24, 2.45) is 17.3 Å².